The van der Waals surface area contributed by atoms with Crippen molar-refractivity contribution < 1.29 is 0 Å². The molecule has 64 valence electrons. The van der Waals surface area contributed by atoms with Gasteiger partial charge in [-0.05, 0) is 6.92 Å². The van der Waals surface area contributed by atoms with Crippen LogP contribution in [0.4, 0.5) is 5.13 Å². The lowest BCUT2D eigenvalue weighted by atomic mass is 10.2. The molecule has 0 aliphatic rings. The zero-order chi connectivity index (χ0) is 9.68. The molecule has 0 saturated carbocycles. The smallest absolute Gasteiger partial charge is 0.209 e. The molecule has 0 bridgehead atoms. The normalized spacial score (nSPS) is 10.2. The number of aryl methyl sites for hydroxylation is 1. The van der Waals surface area contributed by atoms with Crippen LogP contribution in [0.1, 0.15) is 5.69 Å². The monoisotopic (exact) mass is 190 g/mol. The highest BCUT2D eigenvalue weighted by Crippen LogP contribution is 2.17. The van der Waals surface area contributed by atoms with Gasteiger partial charge in [-0.1, -0.05) is 0 Å². The number of aromatic nitrogens is 1. The van der Waals surface area contributed by atoms with Gasteiger partial charge in [-0.3, -0.25) is 0 Å². The molecule has 0 aromatic carbocycles. The molecule has 0 fully saturated rings. The first kappa shape index (κ1) is 9.37. The number of hydrogen-bond donors (Lipinski definition) is 0. The molecule has 0 unspecified atom stereocenters. The number of thiazole rings is 1. The van der Waals surface area contributed by atoms with Crippen molar-refractivity contribution in [1.82, 2.24) is 4.98 Å². The van der Waals surface area contributed by atoms with Crippen LogP contribution in [-0.4, -0.2) is 11.2 Å². The molecule has 0 N–H and O–H groups in total. The molecule has 0 aliphatic carbocycles. The van der Waals surface area contributed by atoms with Crippen molar-refractivity contribution in [2.75, 3.05) is 0 Å². The summed E-state index contributed by atoms with van der Waals surface area (Å²) in [6.45, 7) is 1.86. The van der Waals surface area contributed by atoms with Crippen LogP contribution >= 0.6 is 11.3 Å². The van der Waals surface area contributed by atoms with E-state index in [0.717, 1.165) is 5.69 Å². The predicted octanol–water partition coefficient (Wildman–Crippen LogP) is 1.82. The second-order valence-electron chi connectivity index (χ2n) is 2.29. The van der Waals surface area contributed by atoms with Gasteiger partial charge in [0.1, 0.15) is 0 Å². The molecule has 0 amide bonds. The largest absolute Gasteiger partial charge is 0.230 e. The highest BCUT2D eigenvalue weighted by atomic mass is 32.1. The van der Waals surface area contributed by atoms with Crippen LogP contribution in [0.2, 0.25) is 0 Å². The molecule has 0 aliphatic heterocycles. The second-order valence-corrected chi connectivity index (χ2v) is 3.12. The van der Waals surface area contributed by atoms with E-state index >= 15 is 0 Å². The number of rotatable bonds is 2. The fourth-order valence-electron chi connectivity index (χ4n) is 0.635. The Morgan fingerprint density at radius 2 is 2.31 bits per heavy atom. The molecule has 1 rings (SSSR count). The molecular weight excluding hydrogens is 184 g/mol. The topological polar surface area (TPSA) is 72.8 Å². The van der Waals surface area contributed by atoms with Crippen molar-refractivity contribution in [3.8, 4) is 12.1 Å². The Labute approximate surface area is 79.8 Å². The number of aliphatic imine (C=N–C) groups is 1. The van der Waals surface area contributed by atoms with Crippen LogP contribution in [0, 0.1) is 35.5 Å². The summed E-state index contributed by atoms with van der Waals surface area (Å²) in [5, 5.41) is 19.3. The number of nitrogens with zero attached hydrogens (tertiary/aromatic N) is 4. The summed E-state index contributed by atoms with van der Waals surface area (Å²) in [6.07, 6.45) is 1.30. The first-order valence-electron chi connectivity index (χ1n) is 3.52. The first-order valence-corrected chi connectivity index (χ1v) is 4.40. The third-order valence-electron chi connectivity index (χ3n) is 1.22. The Balaban J connectivity index is 2.70. The minimum Gasteiger partial charge on any atom is -0.230 e. The summed E-state index contributed by atoms with van der Waals surface area (Å²) in [6, 6.07) is 3.59. The van der Waals surface area contributed by atoms with Crippen molar-refractivity contribution >= 4 is 22.7 Å². The lowest BCUT2D eigenvalue weighted by Gasteiger charge is -1.85. The third-order valence-corrected chi connectivity index (χ3v) is 2.09. The van der Waals surface area contributed by atoms with E-state index in [1.54, 1.807) is 12.1 Å². The van der Waals surface area contributed by atoms with Crippen molar-refractivity contribution in [2.45, 2.75) is 6.92 Å². The molecule has 1 aromatic rings. The number of hydrogen-bond acceptors (Lipinski definition) is 5. The van der Waals surface area contributed by atoms with Crippen LogP contribution in [0.15, 0.2) is 10.4 Å². The molecule has 1 heterocycles. The number of nitriles is 2. The fraction of sp³-hybridized carbons (Fsp3) is 0.250. The van der Waals surface area contributed by atoms with E-state index in [4.69, 9.17) is 10.5 Å². The average molecular weight is 190 g/mol. The summed E-state index contributed by atoms with van der Waals surface area (Å²) in [7, 11) is 0. The fourth-order valence-corrected chi connectivity index (χ4v) is 1.28. The summed E-state index contributed by atoms with van der Waals surface area (Å²) in [4.78, 5) is 7.96. The lowest BCUT2D eigenvalue weighted by Crippen LogP contribution is -1.92. The van der Waals surface area contributed by atoms with Crippen molar-refractivity contribution in [3.05, 3.63) is 11.1 Å². The van der Waals surface area contributed by atoms with Gasteiger partial charge in [-0.2, -0.15) is 10.5 Å². The maximum Gasteiger partial charge on any atom is 0.209 e. The van der Waals surface area contributed by atoms with Crippen LogP contribution in [-0.2, 0) is 0 Å². The van der Waals surface area contributed by atoms with Crippen LogP contribution in [0.3, 0.4) is 0 Å². The first-order chi connectivity index (χ1) is 6.26. The van der Waals surface area contributed by atoms with Crippen molar-refractivity contribution in [2.24, 2.45) is 10.9 Å². The van der Waals surface area contributed by atoms with E-state index in [-0.39, 0.29) is 0 Å². The van der Waals surface area contributed by atoms with E-state index in [0.29, 0.717) is 5.13 Å². The Bertz CT molecular complexity index is 379. The molecule has 0 spiro atoms. The molecule has 0 saturated heterocycles. The quantitative estimate of drug-likeness (QED) is 0.667. The SMILES string of the molecule is Cc1csc(N=CC(C#N)C#N)n1. The maximum atomic E-state index is 8.43. The van der Waals surface area contributed by atoms with Crippen LogP contribution in [0.25, 0.3) is 0 Å². The molecule has 4 nitrogen and oxygen atoms in total. The predicted molar refractivity (Wildman–Crippen MR) is 49.7 cm³/mol. The third kappa shape index (κ3) is 2.66. The zero-order valence-electron chi connectivity index (χ0n) is 6.93. The Morgan fingerprint density at radius 3 is 2.77 bits per heavy atom. The Hall–Kier alpha value is -1.72. The summed E-state index contributed by atoms with van der Waals surface area (Å²) >= 11 is 1.38. The summed E-state index contributed by atoms with van der Waals surface area (Å²) < 4.78 is 0. The molecule has 5 heteroatoms. The van der Waals surface area contributed by atoms with Crippen LogP contribution < -0.4 is 0 Å². The van der Waals surface area contributed by atoms with Gasteiger partial charge in [0.05, 0.1) is 17.8 Å². The molecule has 0 atom stereocenters. The van der Waals surface area contributed by atoms with E-state index in [9.17, 15) is 0 Å². The van der Waals surface area contributed by atoms with Gasteiger partial charge in [0, 0.05) is 11.6 Å². The van der Waals surface area contributed by atoms with Gasteiger partial charge in [0.2, 0.25) is 5.13 Å². The molecular formula is C8H6N4S. The molecule has 1 aromatic heterocycles. The van der Waals surface area contributed by atoms with E-state index in [2.05, 4.69) is 9.98 Å². The zero-order valence-corrected chi connectivity index (χ0v) is 7.75. The molecule has 0 radical (unpaired) electrons. The van der Waals surface area contributed by atoms with E-state index in [1.165, 1.54) is 17.6 Å². The lowest BCUT2D eigenvalue weighted by molar-refractivity contribution is 1.17. The standard InChI is InChI=1S/C8H6N4S/c1-6-5-13-8(12-6)11-4-7(2-9)3-10/h4-5,7H,1H3. The van der Waals surface area contributed by atoms with Gasteiger partial charge in [0.15, 0.2) is 5.92 Å². The second kappa shape index (κ2) is 4.34. The van der Waals surface area contributed by atoms with Gasteiger partial charge >= 0.3 is 0 Å². The molecule has 13 heavy (non-hydrogen) atoms. The van der Waals surface area contributed by atoms with Gasteiger partial charge in [-0.15, -0.1) is 11.3 Å². The van der Waals surface area contributed by atoms with E-state index < -0.39 is 5.92 Å². The summed E-state index contributed by atoms with van der Waals surface area (Å²) in [5.41, 5.74) is 0.891. The van der Waals surface area contributed by atoms with Gasteiger partial charge in [0.25, 0.3) is 0 Å². The van der Waals surface area contributed by atoms with Crippen molar-refractivity contribution in [3.63, 3.8) is 0 Å². The van der Waals surface area contributed by atoms with E-state index in [1.807, 2.05) is 12.3 Å². The summed E-state index contributed by atoms with van der Waals surface area (Å²) in [5.74, 6) is -0.788. The van der Waals surface area contributed by atoms with Gasteiger partial charge < -0.3 is 0 Å². The minimum absolute atomic E-state index is 0.577. The Morgan fingerprint density at radius 1 is 1.62 bits per heavy atom. The highest BCUT2D eigenvalue weighted by Gasteiger charge is 2.00. The van der Waals surface area contributed by atoms with Gasteiger partial charge in [-0.25, -0.2) is 9.98 Å². The Kier molecular flexibility index (Phi) is 3.13. The highest BCUT2D eigenvalue weighted by molar-refractivity contribution is 7.13. The average Bonchev–Trinajstić information content (AvgIpc) is 2.53. The van der Waals surface area contributed by atoms with Crippen LogP contribution in [0.5, 0.6) is 0 Å². The minimum atomic E-state index is -0.788. The van der Waals surface area contributed by atoms with Crippen molar-refractivity contribution in [1.29, 1.82) is 10.5 Å². The maximum absolute atomic E-state index is 8.43.